The molecule has 0 spiro atoms. The summed E-state index contributed by atoms with van der Waals surface area (Å²) in [6.45, 7) is 2.33. The topological polar surface area (TPSA) is 115 Å². The van der Waals surface area contributed by atoms with Crippen LogP contribution in [0.4, 0.5) is 16.2 Å². The second kappa shape index (κ2) is 13.5. The number of ether oxygens (including phenoxy) is 3. The van der Waals surface area contributed by atoms with Crippen molar-refractivity contribution >= 4 is 29.3 Å². The van der Waals surface area contributed by atoms with Crippen molar-refractivity contribution in [3.63, 3.8) is 0 Å². The van der Waals surface area contributed by atoms with E-state index in [9.17, 15) is 14.4 Å². The Kier molecular flexibility index (Phi) is 9.90. The Balaban J connectivity index is 1.55. The van der Waals surface area contributed by atoms with Gasteiger partial charge in [-0.3, -0.25) is 4.79 Å². The number of carbonyl (C=O) groups excluding carboxylic acids is 3. The van der Waals surface area contributed by atoms with E-state index in [1.54, 1.807) is 19.1 Å². The molecule has 0 heterocycles. The molecular weight excluding hydrogens is 474 g/mol. The molecule has 0 radical (unpaired) electrons. The minimum atomic E-state index is -0.574. The highest BCUT2D eigenvalue weighted by atomic mass is 16.5. The van der Waals surface area contributed by atoms with Crippen LogP contribution in [0.5, 0.6) is 11.5 Å². The summed E-state index contributed by atoms with van der Waals surface area (Å²) in [6, 6.07) is 19.6. The van der Waals surface area contributed by atoms with Gasteiger partial charge >= 0.3 is 12.0 Å². The minimum absolute atomic E-state index is 0.175. The lowest BCUT2D eigenvalue weighted by Crippen LogP contribution is -2.28. The van der Waals surface area contributed by atoms with Crippen LogP contribution in [0.15, 0.2) is 66.7 Å². The molecule has 3 aromatic rings. The Morgan fingerprint density at radius 2 is 1.49 bits per heavy atom. The first-order valence-electron chi connectivity index (χ1n) is 11.8. The summed E-state index contributed by atoms with van der Waals surface area (Å²) in [5.74, 6) is -0.123. The van der Waals surface area contributed by atoms with Crippen LogP contribution in [0.25, 0.3) is 0 Å². The maximum absolute atomic E-state index is 12.7. The molecule has 194 valence electrons. The van der Waals surface area contributed by atoms with E-state index in [0.717, 1.165) is 11.1 Å². The highest BCUT2D eigenvalue weighted by Crippen LogP contribution is 2.34. The van der Waals surface area contributed by atoms with Crippen LogP contribution in [0.2, 0.25) is 0 Å². The van der Waals surface area contributed by atoms with Crippen molar-refractivity contribution in [2.75, 3.05) is 31.5 Å². The van der Waals surface area contributed by atoms with E-state index in [1.807, 2.05) is 42.5 Å². The van der Waals surface area contributed by atoms with E-state index >= 15 is 0 Å². The zero-order valence-electron chi connectivity index (χ0n) is 21.1. The highest BCUT2D eigenvalue weighted by molar-refractivity contribution is 6.02. The number of hydrogen-bond donors (Lipinski definition) is 3. The van der Waals surface area contributed by atoms with Gasteiger partial charge in [0.05, 0.1) is 32.1 Å². The molecule has 0 aliphatic heterocycles. The van der Waals surface area contributed by atoms with Crippen molar-refractivity contribution in [1.82, 2.24) is 5.32 Å². The molecule has 37 heavy (non-hydrogen) atoms. The molecule has 3 N–H and O–H groups in total. The summed E-state index contributed by atoms with van der Waals surface area (Å²) < 4.78 is 15.7. The molecule has 3 amide bonds. The molecular formula is C28H31N3O6. The van der Waals surface area contributed by atoms with Gasteiger partial charge < -0.3 is 30.2 Å². The third-order valence-corrected chi connectivity index (χ3v) is 5.44. The minimum Gasteiger partial charge on any atom is -0.493 e. The van der Waals surface area contributed by atoms with Crippen LogP contribution in [-0.4, -0.2) is 38.7 Å². The summed E-state index contributed by atoms with van der Waals surface area (Å²) in [6.07, 6.45) is 0.648. The van der Waals surface area contributed by atoms with Gasteiger partial charge in [-0.2, -0.15) is 0 Å². The van der Waals surface area contributed by atoms with E-state index in [-0.39, 0.29) is 36.2 Å². The molecule has 0 atom stereocenters. The van der Waals surface area contributed by atoms with Crippen LogP contribution in [0.1, 0.15) is 34.8 Å². The van der Waals surface area contributed by atoms with Crippen molar-refractivity contribution < 1.29 is 28.6 Å². The first kappa shape index (κ1) is 27.1. The van der Waals surface area contributed by atoms with E-state index < -0.39 is 5.97 Å². The number of carbonyl (C=O) groups is 3. The van der Waals surface area contributed by atoms with Crippen LogP contribution in [0, 0.1) is 0 Å². The number of aryl methyl sites for hydroxylation is 1. The van der Waals surface area contributed by atoms with Gasteiger partial charge in [0.2, 0.25) is 5.91 Å². The highest BCUT2D eigenvalue weighted by Gasteiger charge is 2.19. The lowest BCUT2D eigenvalue weighted by molar-refractivity contribution is -0.116. The standard InChI is InChI=1S/C28H31N3O6/c1-4-37-27(33)22-16-24(35-2)25(36-3)17-23(22)31-26(32)15-12-19-10-13-21(14-11-19)30-28(34)29-18-20-8-6-5-7-9-20/h5-11,13-14,16-17H,4,12,15,18H2,1-3H3,(H,31,32)(H2,29,30,34). The molecule has 0 bridgehead atoms. The van der Waals surface area contributed by atoms with Crippen LogP contribution < -0.4 is 25.4 Å². The quantitative estimate of drug-likeness (QED) is 0.323. The zero-order chi connectivity index (χ0) is 26.6. The normalized spacial score (nSPS) is 10.2. The van der Waals surface area contributed by atoms with Gasteiger partial charge in [0.15, 0.2) is 11.5 Å². The molecule has 9 heteroatoms. The number of benzene rings is 3. The molecule has 0 saturated heterocycles. The summed E-state index contributed by atoms with van der Waals surface area (Å²) in [5, 5.41) is 8.37. The Labute approximate surface area is 216 Å². The molecule has 0 aromatic heterocycles. The summed E-state index contributed by atoms with van der Waals surface area (Å²) in [7, 11) is 2.93. The molecule has 3 rings (SSSR count). The first-order valence-corrected chi connectivity index (χ1v) is 11.8. The fourth-order valence-electron chi connectivity index (χ4n) is 3.54. The smallest absolute Gasteiger partial charge is 0.340 e. The van der Waals surface area contributed by atoms with Crippen LogP contribution in [0.3, 0.4) is 0 Å². The van der Waals surface area contributed by atoms with Gasteiger partial charge in [-0.05, 0) is 36.6 Å². The largest absolute Gasteiger partial charge is 0.493 e. The lowest BCUT2D eigenvalue weighted by Gasteiger charge is -2.15. The molecule has 0 unspecified atom stereocenters. The average Bonchev–Trinajstić information content (AvgIpc) is 2.92. The zero-order valence-corrected chi connectivity index (χ0v) is 21.1. The molecule has 0 aliphatic carbocycles. The van der Waals surface area contributed by atoms with Gasteiger partial charge in [-0.15, -0.1) is 0 Å². The Morgan fingerprint density at radius 1 is 0.811 bits per heavy atom. The fraction of sp³-hybridized carbons (Fsp3) is 0.250. The molecule has 0 aliphatic rings. The SMILES string of the molecule is CCOC(=O)c1cc(OC)c(OC)cc1NC(=O)CCc1ccc(NC(=O)NCc2ccccc2)cc1. The maximum atomic E-state index is 12.7. The average molecular weight is 506 g/mol. The third-order valence-electron chi connectivity index (χ3n) is 5.44. The van der Waals surface area contributed by atoms with Crippen molar-refractivity contribution in [1.29, 1.82) is 0 Å². The van der Waals surface area contributed by atoms with Gasteiger partial charge in [0.1, 0.15) is 0 Å². The number of anilines is 2. The van der Waals surface area contributed by atoms with Gasteiger partial charge in [-0.25, -0.2) is 9.59 Å². The van der Waals surface area contributed by atoms with Gasteiger partial charge in [0, 0.05) is 30.8 Å². The lowest BCUT2D eigenvalue weighted by atomic mass is 10.1. The number of urea groups is 1. The Morgan fingerprint density at radius 3 is 2.14 bits per heavy atom. The van der Waals surface area contributed by atoms with Crippen LogP contribution >= 0.6 is 0 Å². The van der Waals surface area contributed by atoms with Crippen molar-refractivity contribution in [2.45, 2.75) is 26.3 Å². The van der Waals surface area contributed by atoms with Crippen molar-refractivity contribution in [3.8, 4) is 11.5 Å². The predicted molar refractivity (Wildman–Crippen MR) is 141 cm³/mol. The Hall–Kier alpha value is -4.53. The monoisotopic (exact) mass is 505 g/mol. The summed E-state index contributed by atoms with van der Waals surface area (Å²) in [4.78, 5) is 37.2. The van der Waals surface area contributed by atoms with E-state index in [4.69, 9.17) is 14.2 Å². The number of esters is 1. The summed E-state index contributed by atoms with van der Waals surface area (Å²) >= 11 is 0. The van der Waals surface area contributed by atoms with E-state index in [2.05, 4.69) is 16.0 Å². The number of nitrogens with one attached hydrogen (secondary N) is 3. The van der Waals surface area contributed by atoms with Crippen molar-refractivity contribution in [2.24, 2.45) is 0 Å². The maximum Gasteiger partial charge on any atom is 0.340 e. The van der Waals surface area contributed by atoms with Crippen LogP contribution in [-0.2, 0) is 22.5 Å². The number of amides is 3. The number of hydrogen-bond acceptors (Lipinski definition) is 6. The number of methoxy groups -OCH3 is 2. The van der Waals surface area contributed by atoms with E-state index in [1.165, 1.54) is 26.4 Å². The second-order valence-electron chi connectivity index (χ2n) is 8.01. The summed E-state index contributed by atoms with van der Waals surface area (Å²) in [5.41, 5.74) is 3.02. The van der Waals surface area contributed by atoms with Gasteiger partial charge in [0.25, 0.3) is 0 Å². The first-order chi connectivity index (χ1) is 17.9. The van der Waals surface area contributed by atoms with Gasteiger partial charge in [-0.1, -0.05) is 42.5 Å². The fourth-order valence-corrected chi connectivity index (χ4v) is 3.54. The molecule has 0 fully saturated rings. The van der Waals surface area contributed by atoms with E-state index in [0.29, 0.717) is 30.2 Å². The predicted octanol–water partition coefficient (Wildman–Crippen LogP) is 4.77. The number of rotatable bonds is 11. The third kappa shape index (κ3) is 7.99. The molecule has 9 nitrogen and oxygen atoms in total. The van der Waals surface area contributed by atoms with Crippen molar-refractivity contribution in [3.05, 3.63) is 83.4 Å². The molecule has 0 saturated carbocycles. The second-order valence-corrected chi connectivity index (χ2v) is 8.01. The molecule has 3 aromatic carbocycles. The Bertz CT molecular complexity index is 1210.